The highest BCUT2D eigenvalue weighted by Gasteiger charge is 2.18. The molecule has 3 rings (SSSR count). The Morgan fingerprint density at radius 1 is 1.36 bits per heavy atom. The van der Waals surface area contributed by atoms with E-state index in [9.17, 15) is 4.79 Å². The van der Waals surface area contributed by atoms with Crippen LogP contribution in [-0.4, -0.2) is 32.2 Å². The topological polar surface area (TPSA) is 41.6 Å². The number of allylic oxidation sites excluding steroid dienone is 2. The molecule has 1 heterocycles. The minimum Gasteiger partial charge on any atom is -0.378 e. The Bertz CT molecular complexity index is 568. The average Bonchev–Trinajstić information content (AvgIpc) is 3.01. The van der Waals surface area contributed by atoms with Crippen LogP contribution in [0.2, 0.25) is 0 Å². The van der Waals surface area contributed by atoms with Crippen molar-refractivity contribution in [3.8, 4) is 0 Å². The number of anilines is 2. The Labute approximate surface area is 139 Å². The molecular weight excluding hydrogens is 344 g/mol. The van der Waals surface area contributed by atoms with Gasteiger partial charge in [-0.3, -0.25) is 4.79 Å². The van der Waals surface area contributed by atoms with Gasteiger partial charge in [0.15, 0.2) is 0 Å². The standard InChI is InChI=1S/C17H21BrN2O2/c18-14-5-6-16(20-7-9-22-10-8-20)15(12-14)19-17(21)11-13-3-1-2-4-13/h1,3,5-6,12-13H,2,4,7-11H2,(H,19,21). The van der Waals surface area contributed by atoms with E-state index in [4.69, 9.17) is 4.74 Å². The number of rotatable bonds is 4. The predicted octanol–water partition coefficient (Wildman–Crippen LogP) is 3.58. The molecule has 2 aliphatic rings. The van der Waals surface area contributed by atoms with Gasteiger partial charge in [-0.05, 0) is 37.0 Å². The SMILES string of the molecule is O=C(CC1C=CCC1)Nc1cc(Br)ccc1N1CCOCC1. The first kappa shape index (κ1) is 15.6. The van der Waals surface area contributed by atoms with Crippen LogP contribution in [0.1, 0.15) is 19.3 Å². The lowest BCUT2D eigenvalue weighted by molar-refractivity contribution is -0.116. The van der Waals surface area contributed by atoms with Crippen molar-refractivity contribution in [1.29, 1.82) is 0 Å². The fourth-order valence-corrected chi connectivity index (χ4v) is 3.35. The van der Waals surface area contributed by atoms with Crippen molar-refractivity contribution in [1.82, 2.24) is 0 Å². The van der Waals surface area contributed by atoms with Gasteiger partial charge in [0.1, 0.15) is 0 Å². The Morgan fingerprint density at radius 2 is 2.18 bits per heavy atom. The van der Waals surface area contributed by atoms with E-state index < -0.39 is 0 Å². The zero-order valence-electron chi connectivity index (χ0n) is 12.6. The maximum atomic E-state index is 12.3. The van der Waals surface area contributed by atoms with Crippen molar-refractivity contribution in [2.24, 2.45) is 5.92 Å². The molecule has 1 amide bonds. The summed E-state index contributed by atoms with van der Waals surface area (Å²) in [5, 5.41) is 3.09. The lowest BCUT2D eigenvalue weighted by Crippen LogP contribution is -2.36. The highest BCUT2D eigenvalue weighted by molar-refractivity contribution is 9.10. The number of carbonyl (C=O) groups excluding carboxylic acids is 1. The van der Waals surface area contributed by atoms with Crippen molar-refractivity contribution >= 4 is 33.2 Å². The van der Waals surface area contributed by atoms with E-state index in [-0.39, 0.29) is 5.91 Å². The highest BCUT2D eigenvalue weighted by atomic mass is 79.9. The van der Waals surface area contributed by atoms with Crippen LogP contribution >= 0.6 is 15.9 Å². The smallest absolute Gasteiger partial charge is 0.225 e. The molecule has 1 aromatic carbocycles. The van der Waals surface area contributed by atoms with Gasteiger partial charge in [0.05, 0.1) is 24.6 Å². The van der Waals surface area contributed by atoms with E-state index in [1.54, 1.807) is 0 Å². The van der Waals surface area contributed by atoms with E-state index in [1.165, 1.54) is 0 Å². The number of ether oxygens (including phenoxy) is 1. The number of nitrogens with zero attached hydrogens (tertiary/aromatic N) is 1. The van der Waals surface area contributed by atoms with Gasteiger partial charge >= 0.3 is 0 Å². The van der Waals surface area contributed by atoms with Crippen LogP contribution in [0, 0.1) is 5.92 Å². The molecule has 1 aromatic rings. The van der Waals surface area contributed by atoms with Crippen molar-refractivity contribution in [2.75, 3.05) is 36.5 Å². The third-order valence-electron chi connectivity index (χ3n) is 4.14. The number of hydrogen-bond donors (Lipinski definition) is 1. The Hall–Kier alpha value is -1.33. The second kappa shape index (κ2) is 7.29. The van der Waals surface area contributed by atoms with E-state index in [2.05, 4.69) is 44.4 Å². The van der Waals surface area contributed by atoms with Crippen molar-refractivity contribution in [2.45, 2.75) is 19.3 Å². The van der Waals surface area contributed by atoms with Gasteiger partial charge in [-0.25, -0.2) is 0 Å². The van der Waals surface area contributed by atoms with Gasteiger partial charge in [-0.1, -0.05) is 28.1 Å². The molecule has 1 aliphatic heterocycles. The Morgan fingerprint density at radius 3 is 2.91 bits per heavy atom. The summed E-state index contributed by atoms with van der Waals surface area (Å²) in [7, 11) is 0. The number of amides is 1. The van der Waals surface area contributed by atoms with Crippen LogP contribution in [0.5, 0.6) is 0 Å². The Balaban J connectivity index is 1.71. The Kier molecular flexibility index (Phi) is 5.16. The number of nitrogens with one attached hydrogen (secondary N) is 1. The molecule has 22 heavy (non-hydrogen) atoms. The van der Waals surface area contributed by atoms with Crippen LogP contribution in [0.15, 0.2) is 34.8 Å². The fourth-order valence-electron chi connectivity index (χ4n) is 2.99. The van der Waals surface area contributed by atoms with Gasteiger partial charge in [-0.15, -0.1) is 0 Å². The molecule has 1 fully saturated rings. The van der Waals surface area contributed by atoms with Gasteiger partial charge in [0.25, 0.3) is 0 Å². The first-order chi connectivity index (χ1) is 10.7. The second-order valence-corrected chi connectivity index (χ2v) is 6.69. The minimum absolute atomic E-state index is 0.0872. The maximum Gasteiger partial charge on any atom is 0.225 e. The largest absolute Gasteiger partial charge is 0.378 e. The third kappa shape index (κ3) is 3.90. The fraction of sp³-hybridized carbons (Fsp3) is 0.471. The zero-order chi connectivity index (χ0) is 15.4. The molecule has 1 atom stereocenters. The third-order valence-corrected chi connectivity index (χ3v) is 4.64. The summed E-state index contributed by atoms with van der Waals surface area (Å²) in [6.45, 7) is 3.18. The lowest BCUT2D eigenvalue weighted by Gasteiger charge is -2.30. The summed E-state index contributed by atoms with van der Waals surface area (Å²) in [4.78, 5) is 14.6. The first-order valence-corrected chi connectivity index (χ1v) is 8.60. The van der Waals surface area contributed by atoms with Gasteiger partial charge < -0.3 is 15.0 Å². The summed E-state index contributed by atoms with van der Waals surface area (Å²) >= 11 is 3.49. The van der Waals surface area contributed by atoms with Gasteiger partial charge in [0, 0.05) is 24.0 Å². The molecule has 0 spiro atoms. The highest BCUT2D eigenvalue weighted by Crippen LogP contribution is 2.31. The molecular formula is C17H21BrN2O2. The molecule has 4 nitrogen and oxygen atoms in total. The first-order valence-electron chi connectivity index (χ1n) is 7.81. The molecule has 0 aromatic heterocycles. The number of benzene rings is 1. The van der Waals surface area contributed by atoms with Gasteiger partial charge in [0.2, 0.25) is 5.91 Å². The normalized spacial score (nSPS) is 21.1. The van der Waals surface area contributed by atoms with Crippen LogP contribution in [0.4, 0.5) is 11.4 Å². The molecule has 0 radical (unpaired) electrons. The predicted molar refractivity (Wildman–Crippen MR) is 92.3 cm³/mol. The van der Waals surface area contributed by atoms with E-state index in [0.717, 1.165) is 55.0 Å². The maximum absolute atomic E-state index is 12.3. The van der Waals surface area contributed by atoms with Crippen LogP contribution in [0.3, 0.4) is 0 Å². The second-order valence-electron chi connectivity index (χ2n) is 5.78. The van der Waals surface area contributed by atoms with Crippen LogP contribution in [0.25, 0.3) is 0 Å². The number of morpholine rings is 1. The van der Waals surface area contributed by atoms with E-state index in [1.807, 2.05) is 12.1 Å². The van der Waals surface area contributed by atoms with Crippen molar-refractivity contribution in [3.05, 3.63) is 34.8 Å². The number of halogens is 1. The summed E-state index contributed by atoms with van der Waals surface area (Å²) in [5.74, 6) is 0.475. The lowest BCUT2D eigenvalue weighted by atomic mass is 10.0. The summed E-state index contributed by atoms with van der Waals surface area (Å²) in [6.07, 6.45) is 7.06. The molecule has 1 unspecified atom stereocenters. The minimum atomic E-state index is 0.0872. The molecule has 0 saturated carbocycles. The zero-order valence-corrected chi connectivity index (χ0v) is 14.1. The summed E-state index contributed by atoms with van der Waals surface area (Å²) < 4.78 is 6.38. The van der Waals surface area contributed by atoms with Crippen LogP contribution in [-0.2, 0) is 9.53 Å². The molecule has 5 heteroatoms. The molecule has 1 N–H and O–H groups in total. The van der Waals surface area contributed by atoms with E-state index >= 15 is 0 Å². The summed E-state index contributed by atoms with van der Waals surface area (Å²) in [6, 6.07) is 6.05. The van der Waals surface area contributed by atoms with Gasteiger partial charge in [-0.2, -0.15) is 0 Å². The monoisotopic (exact) mass is 364 g/mol. The summed E-state index contributed by atoms with van der Waals surface area (Å²) in [5.41, 5.74) is 1.95. The number of hydrogen-bond acceptors (Lipinski definition) is 3. The quantitative estimate of drug-likeness (QED) is 0.830. The molecule has 1 aliphatic carbocycles. The molecule has 0 bridgehead atoms. The van der Waals surface area contributed by atoms with Crippen LogP contribution < -0.4 is 10.2 Å². The molecule has 1 saturated heterocycles. The molecule has 118 valence electrons. The van der Waals surface area contributed by atoms with E-state index in [0.29, 0.717) is 12.3 Å². The average molecular weight is 365 g/mol. The van der Waals surface area contributed by atoms with Crippen molar-refractivity contribution in [3.63, 3.8) is 0 Å². The van der Waals surface area contributed by atoms with Crippen molar-refractivity contribution < 1.29 is 9.53 Å². The number of carbonyl (C=O) groups is 1.